The van der Waals surface area contributed by atoms with Crippen LogP contribution in [0.25, 0.3) is 16.9 Å². The molecule has 0 bridgehead atoms. The van der Waals surface area contributed by atoms with Crippen molar-refractivity contribution in [1.29, 1.82) is 0 Å². The average molecular weight is 415 g/mol. The van der Waals surface area contributed by atoms with E-state index in [1.165, 1.54) is 18.5 Å². The number of anilines is 1. The van der Waals surface area contributed by atoms with E-state index in [1.807, 2.05) is 0 Å². The first-order valence-corrected chi connectivity index (χ1v) is 9.38. The van der Waals surface area contributed by atoms with E-state index in [4.69, 9.17) is 34.8 Å². The normalized spacial score (nSPS) is 15.8. The summed E-state index contributed by atoms with van der Waals surface area (Å²) in [4.78, 5) is 10.6. The van der Waals surface area contributed by atoms with Crippen molar-refractivity contribution in [2.75, 3.05) is 18.0 Å². The van der Waals surface area contributed by atoms with Crippen LogP contribution >= 0.6 is 34.8 Å². The number of nitrogens with zero attached hydrogens (tertiary/aromatic N) is 5. The van der Waals surface area contributed by atoms with Crippen LogP contribution in [-0.4, -0.2) is 32.7 Å². The molecule has 5 nitrogen and oxygen atoms in total. The summed E-state index contributed by atoms with van der Waals surface area (Å²) in [6.07, 6.45) is 3.51. The van der Waals surface area contributed by atoms with Crippen molar-refractivity contribution in [2.45, 2.75) is 19.8 Å². The Bertz CT molecular complexity index is 959. The van der Waals surface area contributed by atoms with E-state index in [1.54, 1.807) is 4.52 Å². The molecule has 0 aliphatic carbocycles. The number of piperidine rings is 1. The molecule has 1 aliphatic rings. The molecule has 0 unspecified atom stereocenters. The van der Waals surface area contributed by atoms with Crippen LogP contribution in [0.4, 0.5) is 10.2 Å². The quantitative estimate of drug-likeness (QED) is 0.546. The zero-order valence-electron chi connectivity index (χ0n) is 13.9. The number of aromatic nitrogens is 4. The number of hydrogen-bond acceptors (Lipinski definition) is 4. The first kappa shape index (κ1) is 17.8. The van der Waals surface area contributed by atoms with Gasteiger partial charge in [-0.3, -0.25) is 0 Å². The molecule has 0 radical (unpaired) electrons. The summed E-state index contributed by atoms with van der Waals surface area (Å²) < 4.78 is 15.3. The molecule has 26 heavy (non-hydrogen) atoms. The highest BCUT2D eigenvalue weighted by molar-refractivity contribution is 6.41. The van der Waals surface area contributed by atoms with Crippen molar-refractivity contribution in [3.05, 3.63) is 39.5 Å². The third-order valence-electron chi connectivity index (χ3n) is 4.70. The highest BCUT2D eigenvalue weighted by atomic mass is 35.5. The minimum Gasteiger partial charge on any atom is -0.356 e. The van der Waals surface area contributed by atoms with Crippen molar-refractivity contribution in [2.24, 2.45) is 5.92 Å². The number of halogens is 4. The summed E-state index contributed by atoms with van der Waals surface area (Å²) in [5, 5.41) is 4.85. The van der Waals surface area contributed by atoms with Crippen LogP contribution in [0.5, 0.6) is 0 Å². The maximum Gasteiger partial charge on any atom is 0.255 e. The van der Waals surface area contributed by atoms with Gasteiger partial charge in [-0.15, -0.1) is 0 Å². The number of benzene rings is 1. The Morgan fingerprint density at radius 2 is 1.73 bits per heavy atom. The molecular weight excluding hydrogens is 400 g/mol. The highest BCUT2D eigenvalue weighted by Gasteiger charge is 2.27. The Balaban J connectivity index is 2.00. The van der Waals surface area contributed by atoms with Crippen molar-refractivity contribution < 1.29 is 4.39 Å². The molecule has 1 aromatic carbocycles. The fourth-order valence-electron chi connectivity index (χ4n) is 3.31. The Morgan fingerprint density at radius 3 is 2.38 bits per heavy atom. The van der Waals surface area contributed by atoms with Crippen molar-refractivity contribution in [3.63, 3.8) is 0 Å². The average Bonchev–Trinajstić information content (AvgIpc) is 3.03. The predicted molar refractivity (Wildman–Crippen MR) is 102 cm³/mol. The Morgan fingerprint density at radius 1 is 1.08 bits per heavy atom. The molecule has 4 rings (SSSR count). The van der Waals surface area contributed by atoms with Gasteiger partial charge in [0.05, 0.1) is 15.6 Å². The fraction of sp³-hybridized carbons (Fsp3) is 0.353. The molecule has 0 atom stereocenters. The second-order valence-corrected chi connectivity index (χ2v) is 7.66. The van der Waals surface area contributed by atoms with E-state index in [-0.39, 0.29) is 15.2 Å². The zero-order valence-corrected chi connectivity index (χ0v) is 16.2. The van der Waals surface area contributed by atoms with Crippen LogP contribution in [-0.2, 0) is 0 Å². The lowest BCUT2D eigenvalue weighted by Crippen LogP contribution is -2.35. The van der Waals surface area contributed by atoms with Crippen LogP contribution in [0.3, 0.4) is 0 Å². The van der Waals surface area contributed by atoms with Crippen molar-refractivity contribution >= 4 is 46.4 Å². The van der Waals surface area contributed by atoms with Crippen molar-refractivity contribution in [3.8, 4) is 11.1 Å². The monoisotopic (exact) mass is 413 g/mol. The Labute approximate surface area is 164 Å². The van der Waals surface area contributed by atoms with Crippen LogP contribution in [0, 0.1) is 11.7 Å². The summed E-state index contributed by atoms with van der Waals surface area (Å²) in [7, 11) is 0. The third-order valence-corrected chi connectivity index (χ3v) is 5.57. The maximum atomic E-state index is 13.7. The third kappa shape index (κ3) is 3.00. The smallest absolute Gasteiger partial charge is 0.255 e. The van der Waals surface area contributed by atoms with Crippen molar-refractivity contribution in [1.82, 2.24) is 19.6 Å². The van der Waals surface area contributed by atoms with Gasteiger partial charge in [0, 0.05) is 18.7 Å². The first-order chi connectivity index (χ1) is 12.5. The topological polar surface area (TPSA) is 46.3 Å². The van der Waals surface area contributed by atoms with Gasteiger partial charge < -0.3 is 4.90 Å². The summed E-state index contributed by atoms with van der Waals surface area (Å²) in [6, 6.07) is 2.43. The lowest BCUT2D eigenvalue weighted by molar-refractivity contribution is 0.435. The van der Waals surface area contributed by atoms with Gasteiger partial charge >= 0.3 is 0 Å². The van der Waals surface area contributed by atoms with Gasteiger partial charge in [-0.05, 0) is 30.9 Å². The fourth-order valence-corrected chi connectivity index (χ4v) is 4.22. The van der Waals surface area contributed by atoms with E-state index in [9.17, 15) is 4.39 Å². The first-order valence-electron chi connectivity index (χ1n) is 8.24. The maximum absolute atomic E-state index is 13.7. The molecule has 0 spiro atoms. The van der Waals surface area contributed by atoms with Gasteiger partial charge in [0.15, 0.2) is 0 Å². The van der Waals surface area contributed by atoms with Crippen LogP contribution in [0.2, 0.25) is 15.2 Å². The molecule has 1 saturated heterocycles. The lowest BCUT2D eigenvalue weighted by Gasteiger charge is -2.33. The molecular formula is C17H15Cl3FN5. The molecule has 1 aliphatic heterocycles. The van der Waals surface area contributed by atoms with Gasteiger partial charge in [0.1, 0.15) is 23.1 Å². The summed E-state index contributed by atoms with van der Waals surface area (Å²) in [5.41, 5.74) is 0.979. The van der Waals surface area contributed by atoms with Crippen LogP contribution in [0.1, 0.15) is 19.8 Å². The number of rotatable bonds is 2. The Hall–Kier alpha value is -1.63. The molecule has 2 aromatic heterocycles. The molecule has 0 N–H and O–H groups in total. The minimum absolute atomic E-state index is 0.171. The molecule has 3 aromatic rings. The summed E-state index contributed by atoms with van der Waals surface area (Å²) >= 11 is 19.2. The van der Waals surface area contributed by atoms with Gasteiger partial charge in [-0.1, -0.05) is 41.7 Å². The van der Waals surface area contributed by atoms with Gasteiger partial charge in [-0.25, -0.2) is 4.39 Å². The second-order valence-electron chi connectivity index (χ2n) is 6.49. The van der Waals surface area contributed by atoms with E-state index in [0.717, 1.165) is 31.7 Å². The summed E-state index contributed by atoms with van der Waals surface area (Å²) in [5.74, 6) is 1.25. The van der Waals surface area contributed by atoms with Crippen LogP contribution in [0.15, 0.2) is 18.5 Å². The van der Waals surface area contributed by atoms with Gasteiger partial charge in [0.2, 0.25) is 0 Å². The van der Waals surface area contributed by atoms with Gasteiger partial charge in [0.25, 0.3) is 5.78 Å². The molecule has 0 saturated carbocycles. The number of hydrogen-bond donors (Lipinski definition) is 0. The van der Waals surface area contributed by atoms with E-state index in [0.29, 0.717) is 22.8 Å². The molecule has 1 fully saturated rings. The highest BCUT2D eigenvalue weighted by Crippen LogP contribution is 2.44. The second kappa shape index (κ2) is 6.83. The minimum atomic E-state index is -0.511. The Kier molecular flexibility index (Phi) is 4.67. The number of fused-ring (bicyclic) bond motifs is 1. The van der Waals surface area contributed by atoms with Crippen LogP contribution < -0.4 is 4.90 Å². The lowest BCUT2D eigenvalue weighted by atomic mass is 9.98. The van der Waals surface area contributed by atoms with E-state index >= 15 is 0 Å². The standard InChI is InChI=1S/C17H15Cl3FN5/c1-9-2-4-25(5-3-9)16-14(13-11(18)6-10(21)7-12(13)19)15(20)24-17-22-8-23-26(16)17/h6-9H,2-5H2,1H3. The molecule has 136 valence electrons. The molecule has 9 heteroatoms. The van der Waals surface area contributed by atoms with Gasteiger partial charge in [-0.2, -0.15) is 19.6 Å². The van der Waals surface area contributed by atoms with E-state index < -0.39 is 5.82 Å². The largest absolute Gasteiger partial charge is 0.356 e. The summed E-state index contributed by atoms with van der Waals surface area (Å²) in [6.45, 7) is 3.90. The zero-order chi connectivity index (χ0) is 18.4. The molecule has 0 amide bonds. The van der Waals surface area contributed by atoms with E-state index in [2.05, 4.69) is 26.9 Å². The molecule has 3 heterocycles. The predicted octanol–water partition coefficient (Wildman–Crippen LogP) is 5.13. The SMILES string of the molecule is CC1CCN(c2c(-c3c(Cl)cc(F)cc3Cl)c(Cl)nc3ncnn23)CC1.